The predicted molar refractivity (Wildman–Crippen MR) is 61.1 cm³/mol. The number of rotatable bonds is 2. The van der Waals surface area contributed by atoms with Crippen LogP contribution in [0, 0.1) is 0 Å². The van der Waals surface area contributed by atoms with Crippen molar-refractivity contribution in [3.05, 3.63) is 29.8 Å². The second-order valence-electron chi connectivity index (χ2n) is 3.67. The molecule has 0 saturated carbocycles. The Balaban J connectivity index is 1.97. The zero-order valence-electron chi connectivity index (χ0n) is 9.92. The summed E-state index contributed by atoms with van der Waals surface area (Å²) in [4.78, 5) is 27.8. The fourth-order valence-electron chi connectivity index (χ4n) is 1.52. The van der Waals surface area contributed by atoms with Crippen LogP contribution in [0.4, 0.5) is 4.79 Å². The van der Waals surface area contributed by atoms with Crippen molar-refractivity contribution in [3.8, 4) is 5.75 Å². The van der Waals surface area contributed by atoms with Crippen molar-refractivity contribution < 1.29 is 23.9 Å². The Labute approximate surface area is 104 Å². The average Bonchev–Trinajstić information content (AvgIpc) is 2.92. The molecule has 6 heteroatoms. The van der Waals surface area contributed by atoms with Crippen LogP contribution in [-0.2, 0) is 9.57 Å². The van der Waals surface area contributed by atoms with Crippen LogP contribution in [0.2, 0.25) is 0 Å². The number of esters is 1. The number of methoxy groups -OCH3 is 1. The molecule has 1 aromatic rings. The van der Waals surface area contributed by atoms with Gasteiger partial charge in [-0.3, -0.25) is 4.84 Å². The van der Waals surface area contributed by atoms with E-state index in [0.29, 0.717) is 24.5 Å². The Kier molecular flexibility index (Phi) is 3.78. The highest BCUT2D eigenvalue weighted by atomic mass is 16.7. The molecular weight excluding hydrogens is 238 g/mol. The van der Waals surface area contributed by atoms with Gasteiger partial charge in [0.1, 0.15) is 5.75 Å². The smallest absolute Gasteiger partial charge is 0.439 e. The van der Waals surface area contributed by atoms with Gasteiger partial charge in [-0.1, -0.05) is 0 Å². The van der Waals surface area contributed by atoms with E-state index in [1.807, 2.05) is 0 Å². The minimum atomic E-state index is -0.557. The second-order valence-corrected chi connectivity index (χ2v) is 3.67. The molecule has 1 aromatic carbocycles. The van der Waals surface area contributed by atoms with Crippen molar-refractivity contribution in [3.63, 3.8) is 0 Å². The number of hydrogen-bond donors (Lipinski definition) is 0. The van der Waals surface area contributed by atoms with Gasteiger partial charge in [0.15, 0.2) is 0 Å². The molecule has 0 aromatic heterocycles. The van der Waals surface area contributed by atoms with E-state index in [4.69, 9.17) is 9.57 Å². The fraction of sp³-hybridized carbons (Fsp3) is 0.333. The van der Waals surface area contributed by atoms with Crippen LogP contribution in [0.3, 0.4) is 0 Å². The number of carbonyl (C=O) groups excluding carboxylic acids is 2. The number of benzene rings is 1. The summed E-state index contributed by atoms with van der Waals surface area (Å²) in [5.74, 6) is -0.0843. The number of amides is 1. The summed E-state index contributed by atoms with van der Waals surface area (Å²) in [5.41, 5.74) is 0.398. The first-order chi connectivity index (χ1) is 8.70. The molecule has 0 atom stereocenters. The molecule has 0 radical (unpaired) electrons. The molecule has 1 saturated heterocycles. The Bertz CT molecular complexity index is 436. The molecule has 0 unspecified atom stereocenters. The molecular formula is C12H13NO5. The molecule has 0 spiro atoms. The maximum atomic E-state index is 11.6. The lowest BCUT2D eigenvalue weighted by Gasteiger charge is -2.13. The summed E-state index contributed by atoms with van der Waals surface area (Å²) in [6.45, 7) is 1.05. The summed E-state index contributed by atoms with van der Waals surface area (Å²) in [6.07, 6.45) is 0.245. The van der Waals surface area contributed by atoms with Gasteiger partial charge < -0.3 is 9.47 Å². The Hall–Kier alpha value is -2.08. The topological polar surface area (TPSA) is 65.1 Å². The molecule has 0 bridgehead atoms. The van der Waals surface area contributed by atoms with Gasteiger partial charge in [0, 0.05) is 0 Å². The lowest BCUT2D eigenvalue weighted by molar-refractivity contribution is -0.0802. The molecule has 1 amide bonds. The van der Waals surface area contributed by atoms with Gasteiger partial charge in [0.05, 0.1) is 25.8 Å². The van der Waals surface area contributed by atoms with Gasteiger partial charge in [-0.2, -0.15) is 5.06 Å². The van der Waals surface area contributed by atoms with E-state index in [2.05, 4.69) is 4.74 Å². The van der Waals surface area contributed by atoms with Crippen molar-refractivity contribution in [1.82, 2.24) is 5.06 Å². The minimum Gasteiger partial charge on any atom is -0.465 e. The van der Waals surface area contributed by atoms with E-state index in [0.717, 1.165) is 6.42 Å². The van der Waals surface area contributed by atoms with Crippen LogP contribution in [0.1, 0.15) is 16.8 Å². The third-order valence-electron chi connectivity index (χ3n) is 2.44. The highest BCUT2D eigenvalue weighted by molar-refractivity contribution is 5.89. The molecule has 96 valence electrons. The van der Waals surface area contributed by atoms with E-state index in [9.17, 15) is 9.59 Å². The summed E-state index contributed by atoms with van der Waals surface area (Å²) in [5, 5.41) is 1.17. The van der Waals surface area contributed by atoms with Crippen LogP contribution < -0.4 is 4.74 Å². The first-order valence-corrected chi connectivity index (χ1v) is 5.51. The van der Waals surface area contributed by atoms with Crippen LogP contribution >= 0.6 is 0 Å². The third kappa shape index (κ3) is 2.78. The molecule has 0 N–H and O–H groups in total. The van der Waals surface area contributed by atoms with Gasteiger partial charge in [0.25, 0.3) is 0 Å². The van der Waals surface area contributed by atoms with Crippen molar-refractivity contribution >= 4 is 12.1 Å². The number of hydroxylamine groups is 2. The van der Waals surface area contributed by atoms with Gasteiger partial charge in [-0.05, 0) is 30.7 Å². The van der Waals surface area contributed by atoms with Crippen molar-refractivity contribution in [1.29, 1.82) is 0 Å². The van der Waals surface area contributed by atoms with Crippen molar-refractivity contribution in [2.45, 2.75) is 6.42 Å². The van der Waals surface area contributed by atoms with Crippen LogP contribution in [-0.4, -0.2) is 37.4 Å². The first-order valence-electron chi connectivity index (χ1n) is 5.51. The number of ether oxygens (including phenoxy) is 2. The SMILES string of the molecule is COC(=O)c1ccc(OC(=O)N2CCCO2)cc1. The Morgan fingerprint density at radius 3 is 2.56 bits per heavy atom. The monoisotopic (exact) mass is 251 g/mol. The lowest BCUT2D eigenvalue weighted by Crippen LogP contribution is -2.29. The number of hydrogen-bond acceptors (Lipinski definition) is 5. The van der Waals surface area contributed by atoms with E-state index in [-0.39, 0.29) is 0 Å². The lowest BCUT2D eigenvalue weighted by atomic mass is 10.2. The summed E-state index contributed by atoms with van der Waals surface area (Å²) in [7, 11) is 1.31. The zero-order chi connectivity index (χ0) is 13.0. The van der Waals surface area contributed by atoms with Crippen LogP contribution in [0.5, 0.6) is 5.75 Å². The maximum absolute atomic E-state index is 11.6. The van der Waals surface area contributed by atoms with Gasteiger partial charge >= 0.3 is 12.1 Å². The van der Waals surface area contributed by atoms with E-state index >= 15 is 0 Å². The number of carbonyl (C=O) groups is 2. The molecule has 2 rings (SSSR count). The zero-order valence-corrected chi connectivity index (χ0v) is 9.92. The highest BCUT2D eigenvalue weighted by Gasteiger charge is 2.21. The largest absolute Gasteiger partial charge is 0.465 e. The first kappa shape index (κ1) is 12.4. The highest BCUT2D eigenvalue weighted by Crippen LogP contribution is 2.15. The summed E-state index contributed by atoms with van der Waals surface area (Å²) in [6, 6.07) is 6.11. The Morgan fingerprint density at radius 1 is 1.28 bits per heavy atom. The summed E-state index contributed by atoms with van der Waals surface area (Å²) >= 11 is 0. The van der Waals surface area contributed by atoms with Gasteiger partial charge in [0.2, 0.25) is 0 Å². The summed E-state index contributed by atoms with van der Waals surface area (Å²) < 4.78 is 9.64. The average molecular weight is 251 g/mol. The van der Waals surface area contributed by atoms with E-state index in [1.54, 1.807) is 0 Å². The molecule has 18 heavy (non-hydrogen) atoms. The predicted octanol–water partition coefficient (Wildman–Crippen LogP) is 1.61. The molecule has 6 nitrogen and oxygen atoms in total. The van der Waals surface area contributed by atoms with E-state index in [1.165, 1.54) is 36.4 Å². The van der Waals surface area contributed by atoms with Crippen molar-refractivity contribution in [2.75, 3.05) is 20.3 Å². The molecule has 1 fully saturated rings. The molecule has 1 heterocycles. The van der Waals surface area contributed by atoms with Gasteiger partial charge in [-0.15, -0.1) is 0 Å². The van der Waals surface area contributed by atoms with Crippen molar-refractivity contribution in [2.24, 2.45) is 0 Å². The maximum Gasteiger partial charge on any atom is 0.439 e. The number of nitrogens with zero attached hydrogens (tertiary/aromatic N) is 1. The fourth-order valence-corrected chi connectivity index (χ4v) is 1.52. The molecule has 1 aliphatic heterocycles. The Morgan fingerprint density at radius 2 is 2.00 bits per heavy atom. The molecule has 1 aliphatic rings. The normalized spacial score (nSPS) is 14.4. The molecule has 0 aliphatic carbocycles. The minimum absolute atomic E-state index is 0.350. The quantitative estimate of drug-likeness (QED) is 0.747. The van der Waals surface area contributed by atoms with E-state index < -0.39 is 12.1 Å². The van der Waals surface area contributed by atoms with Gasteiger partial charge in [-0.25, -0.2) is 9.59 Å². The van der Waals surface area contributed by atoms with Crippen LogP contribution in [0.25, 0.3) is 0 Å². The van der Waals surface area contributed by atoms with Crippen LogP contribution in [0.15, 0.2) is 24.3 Å². The second kappa shape index (κ2) is 5.50. The third-order valence-corrected chi connectivity index (χ3v) is 2.44. The standard InChI is InChI=1S/C12H13NO5/c1-16-11(14)9-3-5-10(6-4-9)18-12(15)13-7-2-8-17-13/h3-6H,2,7-8H2,1H3.